The van der Waals surface area contributed by atoms with Crippen LogP contribution in [-0.2, 0) is 6.42 Å². The smallest absolute Gasteiger partial charge is 0.123 e. The van der Waals surface area contributed by atoms with Crippen molar-refractivity contribution in [2.24, 2.45) is 0 Å². The van der Waals surface area contributed by atoms with Crippen molar-refractivity contribution >= 4 is 0 Å². The molecule has 0 aliphatic carbocycles. The Bertz CT molecular complexity index is 521. The van der Waals surface area contributed by atoms with Crippen LogP contribution in [0.3, 0.4) is 0 Å². The highest BCUT2D eigenvalue weighted by Gasteiger charge is 2.21. The summed E-state index contributed by atoms with van der Waals surface area (Å²) in [5, 5.41) is 3.60. The molecule has 21 heavy (non-hydrogen) atoms. The third kappa shape index (κ3) is 4.40. The van der Waals surface area contributed by atoms with Gasteiger partial charge in [-0.2, -0.15) is 0 Å². The Morgan fingerprint density at radius 3 is 2.19 bits per heavy atom. The van der Waals surface area contributed by atoms with Gasteiger partial charge in [-0.15, -0.1) is 0 Å². The van der Waals surface area contributed by atoms with Gasteiger partial charge >= 0.3 is 0 Å². The fourth-order valence-electron chi connectivity index (χ4n) is 2.95. The third-order valence-corrected chi connectivity index (χ3v) is 3.99. The van der Waals surface area contributed by atoms with Crippen LogP contribution in [0, 0.1) is 5.82 Å². The Labute approximate surface area is 127 Å². The zero-order valence-electron chi connectivity index (χ0n) is 12.9. The fourth-order valence-corrected chi connectivity index (χ4v) is 2.95. The second kappa shape index (κ2) is 7.94. The fraction of sp³-hybridized carbons (Fsp3) is 0.368. The van der Waals surface area contributed by atoms with Crippen LogP contribution in [0.2, 0.25) is 0 Å². The summed E-state index contributed by atoms with van der Waals surface area (Å²) in [5.74, 6) is 0.296. The van der Waals surface area contributed by atoms with E-state index in [0.717, 1.165) is 19.4 Å². The number of benzene rings is 2. The lowest BCUT2D eigenvalue weighted by Crippen LogP contribution is -2.36. The summed E-state index contributed by atoms with van der Waals surface area (Å²) in [6.45, 7) is 5.30. The van der Waals surface area contributed by atoms with E-state index in [0.29, 0.717) is 12.0 Å². The second-order valence-corrected chi connectivity index (χ2v) is 5.42. The van der Waals surface area contributed by atoms with Crippen LogP contribution >= 0.6 is 0 Å². The lowest BCUT2D eigenvalue weighted by molar-refractivity contribution is 0.428. The molecule has 0 fully saturated rings. The van der Waals surface area contributed by atoms with Crippen LogP contribution in [0.25, 0.3) is 0 Å². The first-order chi connectivity index (χ1) is 10.2. The topological polar surface area (TPSA) is 12.0 Å². The van der Waals surface area contributed by atoms with Crippen molar-refractivity contribution < 1.29 is 4.39 Å². The first-order valence-electron chi connectivity index (χ1n) is 7.77. The Kier molecular flexibility index (Phi) is 5.94. The summed E-state index contributed by atoms with van der Waals surface area (Å²) in [6, 6.07) is 17.9. The van der Waals surface area contributed by atoms with E-state index < -0.39 is 0 Å². The summed E-state index contributed by atoms with van der Waals surface area (Å²) < 4.78 is 13.0. The van der Waals surface area contributed by atoms with Crippen LogP contribution in [0.1, 0.15) is 37.3 Å². The van der Waals surface area contributed by atoms with Gasteiger partial charge in [0.25, 0.3) is 0 Å². The minimum Gasteiger partial charge on any atom is -0.313 e. The van der Waals surface area contributed by atoms with Crippen LogP contribution in [-0.4, -0.2) is 12.6 Å². The van der Waals surface area contributed by atoms with Gasteiger partial charge in [-0.3, -0.25) is 0 Å². The summed E-state index contributed by atoms with van der Waals surface area (Å²) in [6.07, 6.45) is 2.00. The summed E-state index contributed by atoms with van der Waals surface area (Å²) >= 11 is 0. The number of halogens is 1. The molecule has 0 aromatic heterocycles. The molecule has 0 radical (unpaired) electrons. The van der Waals surface area contributed by atoms with E-state index in [1.807, 2.05) is 12.1 Å². The van der Waals surface area contributed by atoms with E-state index in [2.05, 4.69) is 49.5 Å². The van der Waals surface area contributed by atoms with Gasteiger partial charge in [-0.05, 0) is 48.6 Å². The molecule has 1 N–H and O–H groups in total. The molecule has 0 spiro atoms. The van der Waals surface area contributed by atoms with Crippen molar-refractivity contribution in [2.45, 2.75) is 38.6 Å². The molecular formula is C19H24FN. The highest BCUT2D eigenvalue weighted by atomic mass is 19.1. The molecular weight excluding hydrogens is 261 g/mol. The van der Waals surface area contributed by atoms with Crippen molar-refractivity contribution in [2.75, 3.05) is 6.54 Å². The second-order valence-electron chi connectivity index (χ2n) is 5.42. The Hall–Kier alpha value is -1.67. The standard InChI is InChI=1S/C19H24FN/c1-3-18(16-8-6-5-7-9-16)19(21-4-2)14-15-10-12-17(20)13-11-15/h5-13,18-19,21H,3-4,14H2,1-2H3. The molecule has 0 saturated carbocycles. The van der Waals surface area contributed by atoms with E-state index in [-0.39, 0.29) is 5.82 Å². The van der Waals surface area contributed by atoms with Crippen molar-refractivity contribution in [3.63, 3.8) is 0 Å². The molecule has 2 atom stereocenters. The predicted octanol–water partition coefficient (Wildman–Crippen LogP) is 4.54. The van der Waals surface area contributed by atoms with Crippen LogP contribution in [0.5, 0.6) is 0 Å². The number of hydrogen-bond donors (Lipinski definition) is 1. The van der Waals surface area contributed by atoms with Gasteiger partial charge in [-0.1, -0.05) is 56.3 Å². The summed E-state index contributed by atoms with van der Waals surface area (Å²) in [7, 11) is 0. The molecule has 0 bridgehead atoms. The number of hydrogen-bond acceptors (Lipinski definition) is 1. The van der Waals surface area contributed by atoms with Gasteiger partial charge in [0.15, 0.2) is 0 Å². The Balaban J connectivity index is 2.18. The van der Waals surface area contributed by atoms with Crippen molar-refractivity contribution in [1.29, 1.82) is 0 Å². The zero-order chi connectivity index (χ0) is 15.1. The van der Waals surface area contributed by atoms with Gasteiger partial charge in [0, 0.05) is 6.04 Å². The van der Waals surface area contributed by atoms with Crippen molar-refractivity contribution in [3.05, 3.63) is 71.5 Å². The van der Waals surface area contributed by atoms with Crippen LogP contribution in [0.4, 0.5) is 4.39 Å². The number of rotatable bonds is 7. The van der Waals surface area contributed by atoms with E-state index in [1.54, 1.807) is 12.1 Å². The lowest BCUT2D eigenvalue weighted by atomic mass is 9.85. The van der Waals surface area contributed by atoms with Crippen molar-refractivity contribution in [3.8, 4) is 0 Å². The first kappa shape index (κ1) is 15.7. The molecule has 0 aliphatic rings. The Morgan fingerprint density at radius 1 is 0.952 bits per heavy atom. The van der Waals surface area contributed by atoms with Crippen LogP contribution < -0.4 is 5.32 Å². The summed E-state index contributed by atoms with van der Waals surface area (Å²) in [5.41, 5.74) is 2.55. The van der Waals surface area contributed by atoms with E-state index in [4.69, 9.17) is 0 Å². The SMILES string of the molecule is CCNC(Cc1ccc(F)cc1)C(CC)c1ccccc1. The third-order valence-electron chi connectivity index (χ3n) is 3.99. The van der Waals surface area contributed by atoms with Gasteiger partial charge in [0.05, 0.1) is 0 Å². The maximum absolute atomic E-state index is 13.0. The molecule has 112 valence electrons. The molecule has 2 unspecified atom stereocenters. The normalized spacial score (nSPS) is 13.9. The molecule has 0 amide bonds. The number of likely N-dealkylation sites (N-methyl/N-ethyl adjacent to an activating group) is 1. The van der Waals surface area contributed by atoms with E-state index in [1.165, 1.54) is 11.1 Å². The van der Waals surface area contributed by atoms with Crippen LogP contribution in [0.15, 0.2) is 54.6 Å². The molecule has 2 heteroatoms. The molecule has 0 saturated heterocycles. The van der Waals surface area contributed by atoms with Crippen molar-refractivity contribution in [1.82, 2.24) is 5.32 Å². The largest absolute Gasteiger partial charge is 0.313 e. The lowest BCUT2D eigenvalue weighted by Gasteiger charge is -2.28. The summed E-state index contributed by atoms with van der Waals surface area (Å²) in [4.78, 5) is 0. The molecule has 2 aromatic carbocycles. The number of nitrogens with one attached hydrogen (secondary N) is 1. The maximum atomic E-state index is 13.0. The minimum absolute atomic E-state index is 0.172. The monoisotopic (exact) mass is 285 g/mol. The van der Waals surface area contributed by atoms with Gasteiger partial charge in [0.1, 0.15) is 5.82 Å². The highest BCUT2D eigenvalue weighted by molar-refractivity contribution is 5.24. The van der Waals surface area contributed by atoms with Gasteiger partial charge in [-0.25, -0.2) is 4.39 Å². The molecule has 2 rings (SSSR count). The first-order valence-corrected chi connectivity index (χ1v) is 7.77. The van der Waals surface area contributed by atoms with Gasteiger partial charge < -0.3 is 5.32 Å². The predicted molar refractivity (Wildman–Crippen MR) is 87.0 cm³/mol. The molecule has 1 nitrogen and oxygen atoms in total. The average molecular weight is 285 g/mol. The highest BCUT2D eigenvalue weighted by Crippen LogP contribution is 2.25. The van der Waals surface area contributed by atoms with Gasteiger partial charge in [0.2, 0.25) is 0 Å². The molecule has 0 heterocycles. The minimum atomic E-state index is -0.172. The molecule has 2 aromatic rings. The Morgan fingerprint density at radius 2 is 1.62 bits per heavy atom. The molecule has 0 aliphatic heterocycles. The quantitative estimate of drug-likeness (QED) is 0.787. The van der Waals surface area contributed by atoms with E-state index >= 15 is 0 Å². The maximum Gasteiger partial charge on any atom is 0.123 e. The average Bonchev–Trinajstić information content (AvgIpc) is 2.51. The zero-order valence-corrected chi connectivity index (χ0v) is 12.9. The van der Waals surface area contributed by atoms with E-state index in [9.17, 15) is 4.39 Å².